The van der Waals surface area contributed by atoms with E-state index >= 15 is 0 Å². The van der Waals surface area contributed by atoms with Crippen molar-refractivity contribution in [2.45, 2.75) is 31.2 Å². The lowest BCUT2D eigenvalue weighted by atomic mass is 9.98. The smallest absolute Gasteiger partial charge is 0.407 e. The molecule has 0 saturated carbocycles. The fourth-order valence-corrected chi connectivity index (χ4v) is 4.29. The van der Waals surface area contributed by atoms with Crippen LogP contribution in [-0.2, 0) is 23.8 Å². The number of ether oxygens (including phenoxy) is 3. The first-order valence-corrected chi connectivity index (χ1v) is 12.7. The molecular weight excluding hydrogens is 486 g/mol. The molecule has 9 nitrogen and oxygen atoms in total. The molecule has 2 aromatic rings. The van der Waals surface area contributed by atoms with Crippen LogP contribution in [0.3, 0.4) is 0 Å². The van der Waals surface area contributed by atoms with Crippen molar-refractivity contribution in [2.24, 2.45) is 0 Å². The lowest BCUT2D eigenvalue weighted by Gasteiger charge is -2.19. The van der Waals surface area contributed by atoms with Gasteiger partial charge in [-0.1, -0.05) is 61.7 Å². The fraction of sp³-hybridized carbons (Fsp3) is 0.345. The normalized spacial score (nSPS) is 12.3. The summed E-state index contributed by atoms with van der Waals surface area (Å²) in [6.07, 6.45) is 2.78. The molecule has 3 N–H and O–H groups in total. The predicted molar refractivity (Wildman–Crippen MR) is 144 cm³/mol. The van der Waals surface area contributed by atoms with Crippen molar-refractivity contribution in [3.63, 3.8) is 0 Å². The van der Waals surface area contributed by atoms with Gasteiger partial charge in [0.25, 0.3) is 0 Å². The molecule has 0 aliphatic heterocycles. The molecule has 3 amide bonds. The molecule has 9 heteroatoms. The van der Waals surface area contributed by atoms with Crippen molar-refractivity contribution in [1.29, 1.82) is 0 Å². The maximum Gasteiger partial charge on any atom is 0.407 e. The first-order chi connectivity index (χ1) is 18.5. The van der Waals surface area contributed by atoms with Crippen LogP contribution in [0, 0.1) is 0 Å². The maximum atomic E-state index is 12.8. The molecule has 2 aromatic carbocycles. The van der Waals surface area contributed by atoms with Crippen LogP contribution < -0.4 is 16.0 Å². The third-order valence-electron chi connectivity index (χ3n) is 6.08. The van der Waals surface area contributed by atoms with E-state index < -0.39 is 18.0 Å². The molecule has 38 heavy (non-hydrogen) atoms. The largest absolute Gasteiger partial charge is 0.502 e. The van der Waals surface area contributed by atoms with Crippen LogP contribution in [-0.4, -0.2) is 56.9 Å². The van der Waals surface area contributed by atoms with Gasteiger partial charge in [-0.3, -0.25) is 9.59 Å². The van der Waals surface area contributed by atoms with Gasteiger partial charge in [-0.15, -0.1) is 0 Å². The number of hydrogen-bond donors (Lipinski definition) is 3. The molecule has 0 heterocycles. The third kappa shape index (κ3) is 8.12. The highest BCUT2D eigenvalue weighted by atomic mass is 16.5. The second kappa shape index (κ2) is 15.1. The summed E-state index contributed by atoms with van der Waals surface area (Å²) in [5.74, 6) is -0.980. The minimum Gasteiger partial charge on any atom is -0.502 e. The summed E-state index contributed by atoms with van der Waals surface area (Å²) in [5.41, 5.74) is 4.39. The van der Waals surface area contributed by atoms with Crippen LogP contribution in [0.1, 0.15) is 36.3 Å². The minimum absolute atomic E-state index is 0.0998. The second-order valence-corrected chi connectivity index (χ2v) is 8.65. The number of carbonyl (C=O) groups is 3. The van der Waals surface area contributed by atoms with Crippen LogP contribution in [0.5, 0.6) is 0 Å². The summed E-state index contributed by atoms with van der Waals surface area (Å²) < 4.78 is 15.6. The number of rotatable bonds is 16. The highest BCUT2D eigenvalue weighted by molar-refractivity contribution is 5.91. The number of carbonyl (C=O) groups excluding carboxylic acids is 3. The van der Waals surface area contributed by atoms with Crippen molar-refractivity contribution >= 4 is 17.9 Å². The number of amides is 3. The van der Waals surface area contributed by atoms with E-state index in [1.54, 1.807) is 0 Å². The van der Waals surface area contributed by atoms with E-state index in [0.29, 0.717) is 39.1 Å². The van der Waals surface area contributed by atoms with Gasteiger partial charge in [-0.25, -0.2) is 4.79 Å². The van der Waals surface area contributed by atoms with E-state index in [9.17, 15) is 14.4 Å². The monoisotopic (exact) mass is 521 g/mol. The summed E-state index contributed by atoms with van der Waals surface area (Å²) in [6, 6.07) is 14.9. The lowest BCUT2D eigenvalue weighted by Crippen LogP contribution is -2.49. The predicted octanol–water partition coefficient (Wildman–Crippen LogP) is 3.62. The molecule has 0 bridgehead atoms. The number of fused-ring (bicyclic) bond motifs is 3. The van der Waals surface area contributed by atoms with Crippen molar-refractivity contribution < 1.29 is 28.6 Å². The van der Waals surface area contributed by atoms with Crippen LogP contribution in [0.2, 0.25) is 0 Å². The van der Waals surface area contributed by atoms with E-state index in [-0.39, 0.29) is 24.9 Å². The minimum atomic E-state index is -1.10. The Balaban J connectivity index is 1.58. The molecule has 1 unspecified atom stereocenters. The third-order valence-corrected chi connectivity index (χ3v) is 6.08. The van der Waals surface area contributed by atoms with Crippen LogP contribution in [0.25, 0.3) is 11.1 Å². The zero-order valence-electron chi connectivity index (χ0n) is 21.4. The van der Waals surface area contributed by atoms with Gasteiger partial charge in [0.2, 0.25) is 11.8 Å². The first kappa shape index (κ1) is 28.3. The topological polar surface area (TPSA) is 115 Å². The van der Waals surface area contributed by atoms with Crippen molar-refractivity contribution in [1.82, 2.24) is 16.0 Å². The molecule has 0 saturated heterocycles. The van der Waals surface area contributed by atoms with E-state index in [1.165, 1.54) is 12.5 Å². The molecule has 0 aromatic heterocycles. The van der Waals surface area contributed by atoms with Gasteiger partial charge >= 0.3 is 6.09 Å². The lowest BCUT2D eigenvalue weighted by molar-refractivity contribution is -0.128. The van der Waals surface area contributed by atoms with E-state index in [4.69, 9.17) is 14.2 Å². The summed E-state index contributed by atoms with van der Waals surface area (Å²) >= 11 is 0. The SMILES string of the molecule is C=COCCCNC(=O)CC(NC(=O)OCC1c2ccccc2-c2ccccc21)C(=O)NCCCOC=C. The Morgan fingerprint density at radius 2 is 1.39 bits per heavy atom. The molecule has 0 radical (unpaired) electrons. The molecule has 1 aliphatic carbocycles. The molecule has 0 fully saturated rings. The van der Waals surface area contributed by atoms with Gasteiger partial charge in [0.15, 0.2) is 0 Å². The van der Waals surface area contributed by atoms with E-state index in [0.717, 1.165) is 22.3 Å². The number of hydrogen-bond acceptors (Lipinski definition) is 6. The average Bonchev–Trinajstić information content (AvgIpc) is 3.25. The molecule has 1 atom stereocenters. The molecule has 3 rings (SSSR count). The van der Waals surface area contributed by atoms with Crippen LogP contribution >= 0.6 is 0 Å². The summed E-state index contributed by atoms with van der Waals surface area (Å²) in [4.78, 5) is 38.0. The summed E-state index contributed by atoms with van der Waals surface area (Å²) in [6.45, 7) is 8.52. The number of benzene rings is 2. The quantitative estimate of drug-likeness (QED) is 0.230. The Labute approximate surface area is 223 Å². The average molecular weight is 522 g/mol. The zero-order chi connectivity index (χ0) is 27.2. The molecule has 202 valence electrons. The Bertz CT molecular complexity index is 1070. The summed E-state index contributed by atoms with van der Waals surface area (Å²) in [7, 11) is 0. The highest BCUT2D eigenvalue weighted by Gasteiger charge is 2.30. The van der Waals surface area contributed by atoms with Crippen molar-refractivity contribution in [2.75, 3.05) is 32.9 Å². The second-order valence-electron chi connectivity index (χ2n) is 8.65. The Morgan fingerprint density at radius 1 is 0.842 bits per heavy atom. The van der Waals surface area contributed by atoms with Gasteiger partial charge in [-0.2, -0.15) is 0 Å². The molecular formula is C29H35N3O6. The first-order valence-electron chi connectivity index (χ1n) is 12.7. The Kier molecular flexibility index (Phi) is 11.2. The van der Waals surface area contributed by atoms with Crippen molar-refractivity contribution in [3.05, 3.63) is 85.3 Å². The fourth-order valence-electron chi connectivity index (χ4n) is 4.29. The Morgan fingerprint density at radius 3 is 1.97 bits per heavy atom. The maximum absolute atomic E-state index is 12.8. The van der Waals surface area contributed by atoms with E-state index in [2.05, 4.69) is 41.2 Å². The number of nitrogens with one attached hydrogen (secondary N) is 3. The number of alkyl carbamates (subject to hydrolysis) is 1. The van der Waals surface area contributed by atoms with Gasteiger partial charge in [0.05, 0.1) is 32.2 Å². The van der Waals surface area contributed by atoms with Gasteiger partial charge in [0.1, 0.15) is 12.6 Å². The van der Waals surface area contributed by atoms with Crippen LogP contribution in [0.4, 0.5) is 4.79 Å². The van der Waals surface area contributed by atoms with Crippen molar-refractivity contribution in [3.8, 4) is 11.1 Å². The van der Waals surface area contributed by atoms with Crippen LogP contribution in [0.15, 0.2) is 74.2 Å². The Hall–Kier alpha value is -4.27. The van der Waals surface area contributed by atoms with Gasteiger partial charge < -0.3 is 30.2 Å². The molecule has 0 spiro atoms. The zero-order valence-corrected chi connectivity index (χ0v) is 21.4. The van der Waals surface area contributed by atoms with Gasteiger partial charge in [-0.05, 0) is 35.1 Å². The van der Waals surface area contributed by atoms with Gasteiger partial charge in [0, 0.05) is 19.0 Å². The van der Waals surface area contributed by atoms with E-state index in [1.807, 2.05) is 36.4 Å². The molecule has 1 aliphatic rings. The standard InChI is InChI=1S/C29H35N3O6/c1-3-36-17-9-15-30-27(33)19-26(28(34)31-16-10-18-37-4-2)32-29(35)38-20-25-23-13-7-5-11-21(23)22-12-6-8-14-24(22)25/h3-8,11-14,25-26H,1-2,9-10,15-20H2,(H,30,33)(H,31,34)(H,32,35). The highest BCUT2D eigenvalue weighted by Crippen LogP contribution is 2.44. The summed E-state index contributed by atoms with van der Waals surface area (Å²) in [5, 5.41) is 8.01.